The molecule has 226 valence electrons. The SMILES string of the molecule is CC(C)(C)c1ccc(CNc2ccc3c(c2)C(OCCC2CCCCC2)C(OCc2cccc(F)c2)C(C)(C)O3)cc1. The van der Waals surface area contributed by atoms with Gasteiger partial charge in [-0.1, -0.05) is 89.3 Å². The molecule has 0 amide bonds. The van der Waals surface area contributed by atoms with E-state index in [1.807, 2.05) is 12.1 Å². The van der Waals surface area contributed by atoms with Crippen molar-refractivity contribution in [2.24, 2.45) is 5.92 Å². The maximum absolute atomic E-state index is 13.9. The summed E-state index contributed by atoms with van der Waals surface area (Å²) >= 11 is 0. The Bertz CT molecular complexity index is 1310. The van der Waals surface area contributed by atoms with Crippen molar-refractivity contribution in [1.29, 1.82) is 0 Å². The molecule has 5 rings (SSSR count). The molecule has 0 radical (unpaired) electrons. The lowest BCUT2D eigenvalue weighted by molar-refractivity contribution is -0.168. The number of benzene rings is 3. The van der Waals surface area contributed by atoms with E-state index in [0.717, 1.165) is 41.4 Å². The maximum Gasteiger partial charge on any atom is 0.132 e. The summed E-state index contributed by atoms with van der Waals surface area (Å²) in [7, 11) is 0. The Morgan fingerprint density at radius 2 is 1.67 bits per heavy atom. The zero-order chi connectivity index (χ0) is 29.7. The molecule has 4 nitrogen and oxygen atoms in total. The number of hydrogen-bond donors (Lipinski definition) is 1. The third-order valence-electron chi connectivity index (χ3n) is 8.83. The Morgan fingerprint density at radius 1 is 0.905 bits per heavy atom. The predicted molar refractivity (Wildman–Crippen MR) is 168 cm³/mol. The van der Waals surface area contributed by atoms with Gasteiger partial charge in [-0.3, -0.25) is 0 Å². The Hall–Kier alpha value is -2.89. The molecular formula is C37H48FNO3. The summed E-state index contributed by atoms with van der Waals surface area (Å²) < 4.78 is 33.7. The van der Waals surface area contributed by atoms with Crippen LogP contribution in [0, 0.1) is 11.7 Å². The third-order valence-corrected chi connectivity index (χ3v) is 8.83. The van der Waals surface area contributed by atoms with E-state index in [1.165, 1.54) is 55.4 Å². The standard InChI is InChI=1S/C37H48FNO3/c1-36(2,3)29-16-14-27(15-17-29)24-39-31-18-19-33-32(23-31)34(40-21-20-26-10-7-6-8-11-26)35(37(4,5)42-33)41-25-28-12-9-13-30(38)22-28/h9,12-19,22-23,26,34-35,39H,6-8,10-11,20-21,24-25H2,1-5H3. The van der Waals surface area contributed by atoms with Crippen molar-refractivity contribution in [3.8, 4) is 5.75 Å². The molecule has 1 saturated carbocycles. The van der Waals surface area contributed by atoms with Crippen LogP contribution in [0.25, 0.3) is 0 Å². The van der Waals surface area contributed by atoms with E-state index in [1.54, 1.807) is 6.07 Å². The largest absolute Gasteiger partial charge is 0.485 e. The summed E-state index contributed by atoms with van der Waals surface area (Å²) in [5, 5.41) is 3.60. The highest BCUT2D eigenvalue weighted by molar-refractivity contribution is 5.54. The van der Waals surface area contributed by atoms with Crippen molar-refractivity contribution in [2.75, 3.05) is 11.9 Å². The van der Waals surface area contributed by atoms with Gasteiger partial charge in [0.1, 0.15) is 29.4 Å². The van der Waals surface area contributed by atoms with E-state index in [0.29, 0.717) is 6.61 Å². The van der Waals surface area contributed by atoms with Gasteiger partial charge in [-0.2, -0.15) is 0 Å². The quantitative estimate of drug-likeness (QED) is 0.262. The van der Waals surface area contributed by atoms with E-state index in [2.05, 4.69) is 76.3 Å². The summed E-state index contributed by atoms with van der Waals surface area (Å²) in [6.07, 6.45) is 6.99. The summed E-state index contributed by atoms with van der Waals surface area (Å²) in [5.74, 6) is 1.30. The lowest BCUT2D eigenvalue weighted by Gasteiger charge is -2.44. The van der Waals surface area contributed by atoms with Gasteiger partial charge in [0.15, 0.2) is 0 Å². The molecule has 0 bridgehead atoms. The lowest BCUT2D eigenvalue weighted by atomic mass is 9.86. The summed E-state index contributed by atoms with van der Waals surface area (Å²) in [4.78, 5) is 0. The zero-order valence-electron chi connectivity index (χ0n) is 26.0. The molecule has 2 atom stereocenters. The van der Waals surface area contributed by atoms with E-state index in [-0.39, 0.29) is 30.0 Å². The number of hydrogen-bond acceptors (Lipinski definition) is 4. The normalized spacial score (nSPS) is 20.5. The van der Waals surface area contributed by atoms with E-state index < -0.39 is 5.60 Å². The molecule has 1 aliphatic carbocycles. The summed E-state index contributed by atoms with van der Waals surface area (Å²) in [5.41, 5.74) is 4.88. The van der Waals surface area contributed by atoms with Crippen LogP contribution in [0.2, 0.25) is 0 Å². The molecule has 1 N–H and O–H groups in total. The average molecular weight is 574 g/mol. The number of nitrogens with one attached hydrogen (secondary N) is 1. The second kappa shape index (κ2) is 13.2. The first-order valence-corrected chi connectivity index (χ1v) is 15.7. The molecule has 42 heavy (non-hydrogen) atoms. The van der Waals surface area contributed by atoms with Crippen LogP contribution in [-0.4, -0.2) is 18.3 Å². The number of rotatable bonds is 10. The molecule has 3 aromatic carbocycles. The van der Waals surface area contributed by atoms with Crippen molar-refractivity contribution in [1.82, 2.24) is 0 Å². The molecular weight excluding hydrogens is 525 g/mol. The Kier molecular flexibility index (Phi) is 9.59. The van der Waals surface area contributed by atoms with Gasteiger partial charge >= 0.3 is 0 Å². The average Bonchev–Trinajstić information content (AvgIpc) is 2.95. The van der Waals surface area contributed by atoms with Crippen molar-refractivity contribution in [3.05, 3.63) is 94.8 Å². The van der Waals surface area contributed by atoms with Gasteiger partial charge in [0.05, 0.1) is 6.61 Å². The minimum Gasteiger partial charge on any atom is -0.485 e. The van der Waals surface area contributed by atoms with Crippen LogP contribution in [0.1, 0.15) is 102 Å². The predicted octanol–water partition coefficient (Wildman–Crippen LogP) is 9.52. The zero-order valence-corrected chi connectivity index (χ0v) is 26.0. The Morgan fingerprint density at radius 3 is 2.38 bits per heavy atom. The summed E-state index contributed by atoms with van der Waals surface area (Å²) in [6, 6.07) is 21.7. The monoisotopic (exact) mass is 573 g/mol. The fraction of sp³-hybridized carbons (Fsp3) is 0.514. The molecule has 0 spiro atoms. The number of halogens is 1. The highest BCUT2D eigenvalue weighted by Crippen LogP contribution is 2.45. The molecule has 1 aliphatic heterocycles. The molecule has 2 aliphatic rings. The number of anilines is 1. The third kappa shape index (κ3) is 7.73. The topological polar surface area (TPSA) is 39.7 Å². The molecule has 0 aromatic heterocycles. The molecule has 3 aromatic rings. The fourth-order valence-electron chi connectivity index (χ4n) is 6.29. The van der Waals surface area contributed by atoms with Gasteiger partial charge in [-0.25, -0.2) is 4.39 Å². The second-order valence-electron chi connectivity index (χ2n) is 13.7. The first-order chi connectivity index (χ1) is 20.1. The van der Waals surface area contributed by atoms with Gasteiger partial charge in [0.2, 0.25) is 0 Å². The van der Waals surface area contributed by atoms with Crippen LogP contribution in [0.3, 0.4) is 0 Å². The summed E-state index contributed by atoms with van der Waals surface area (Å²) in [6.45, 7) is 12.5. The van der Waals surface area contributed by atoms with Gasteiger partial charge < -0.3 is 19.5 Å². The van der Waals surface area contributed by atoms with Gasteiger partial charge in [-0.15, -0.1) is 0 Å². The van der Waals surface area contributed by atoms with E-state index >= 15 is 0 Å². The fourth-order valence-corrected chi connectivity index (χ4v) is 6.29. The van der Waals surface area contributed by atoms with Crippen molar-refractivity contribution in [2.45, 2.75) is 110 Å². The second-order valence-corrected chi connectivity index (χ2v) is 13.7. The Balaban J connectivity index is 1.35. The molecule has 0 saturated heterocycles. The van der Waals surface area contributed by atoms with Gasteiger partial charge in [-0.05, 0) is 78.6 Å². The van der Waals surface area contributed by atoms with E-state index in [4.69, 9.17) is 14.2 Å². The van der Waals surface area contributed by atoms with Crippen molar-refractivity contribution in [3.63, 3.8) is 0 Å². The molecule has 1 heterocycles. The first-order valence-electron chi connectivity index (χ1n) is 15.7. The van der Waals surface area contributed by atoms with Crippen LogP contribution >= 0.6 is 0 Å². The van der Waals surface area contributed by atoms with Crippen molar-refractivity contribution >= 4 is 5.69 Å². The minimum absolute atomic E-state index is 0.136. The van der Waals surface area contributed by atoms with E-state index in [9.17, 15) is 4.39 Å². The van der Waals surface area contributed by atoms with Gasteiger partial charge in [0, 0.05) is 24.4 Å². The van der Waals surface area contributed by atoms with Crippen LogP contribution in [0.5, 0.6) is 5.75 Å². The minimum atomic E-state index is -0.625. The highest BCUT2D eigenvalue weighted by atomic mass is 19.1. The van der Waals surface area contributed by atoms with Crippen LogP contribution in [-0.2, 0) is 28.0 Å². The van der Waals surface area contributed by atoms with Gasteiger partial charge in [0.25, 0.3) is 0 Å². The Labute approximate surface area is 252 Å². The van der Waals surface area contributed by atoms with Crippen LogP contribution in [0.15, 0.2) is 66.7 Å². The van der Waals surface area contributed by atoms with Crippen LogP contribution < -0.4 is 10.1 Å². The first kappa shape index (κ1) is 30.6. The van der Waals surface area contributed by atoms with Crippen molar-refractivity contribution < 1.29 is 18.6 Å². The highest BCUT2D eigenvalue weighted by Gasteiger charge is 2.45. The molecule has 5 heteroatoms. The molecule has 1 fully saturated rings. The number of ether oxygens (including phenoxy) is 3. The molecule has 2 unspecified atom stereocenters. The smallest absolute Gasteiger partial charge is 0.132 e. The number of fused-ring (bicyclic) bond motifs is 1. The maximum atomic E-state index is 13.9. The lowest BCUT2D eigenvalue weighted by Crippen LogP contribution is -2.51. The van der Waals surface area contributed by atoms with Crippen LogP contribution in [0.4, 0.5) is 10.1 Å².